The fourth-order valence-electron chi connectivity index (χ4n) is 1.26. The molecule has 0 fully saturated rings. The summed E-state index contributed by atoms with van der Waals surface area (Å²) in [6, 6.07) is 5.60. The molecule has 0 bridgehead atoms. The number of nitrogens with two attached hydrogens (primary N) is 1. The Morgan fingerprint density at radius 2 is 2.35 bits per heavy atom. The summed E-state index contributed by atoms with van der Waals surface area (Å²) in [6.07, 6.45) is 1.29. The lowest BCUT2D eigenvalue weighted by Gasteiger charge is -2.07. The van der Waals surface area contributed by atoms with Crippen molar-refractivity contribution in [2.45, 2.75) is 6.54 Å². The van der Waals surface area contributed by atoms with Crippen LogP contribution in [0.4, 0.5) is 5.69 Å². The van der Waals surface area contributed by atoms with E-state index in [1.165, 1.54) is 6.39 Å². The molecule has 2 aromatic rings. The smallest absolute Gasteiger partial charge is 0.213 e. The summed E-state index contributed by atoms with van der Waals surface area (Å²) in [5, 5.41) is 6.87. The van der Waals surface area contributed by atoms with Crippen molar-refractivity contribution in [3.63, 3.8) is 0 Å². The third-order valence-electron chi connectivity index (χ3n) is 2.10. The summed E-state index contributed by atoms with van der Waals surface area (Å²) < 4.78 is 5.52. The second-order valence-corrected chi connectivity index (χ2v) is 4.55. The van der Waals surface area contributed by atoms with Crippen molar-refractivity contribution < 1.29 is 4.52 Å². The molecule has 17 heavy (non-hydrogen) atoms. The van der Waals surface area contributed by atoms with E-state index in [2.05, 4.69) is 35.9 Å². The SMILES string of the molecule is NC(=S)c1ccc(NCc2ncon2)c(Br)c1. The van der Waals surface area contributed by atoms with Crippen molar-refractivity contribution in [2.24, 2.45) is 5.73 Å². The first-order chi connectivity index (χ1) is 8.16. The number of hydrogen-bond donors (Lipinski definition) is 2. The monoisotopic (exact) mass is 312 g/mol. The van der Waals surface area contributed by atoms with E-state index < -0.39 is 0 Å². The minimum Gasteiger partial charge on any atom is -0.389 e. The number of rotatable bonds is 4. The third kappa shape index (κ3) is 3.01. The summed E-state index contributed by atoms with van der Waals surface area (Å²) in [4.78, 5) is 4.28. The molecule has 0 spiro atoms. The summed E-state index contributed by atoms with van der Waals surface area (Å²) in [5.41, 5.74) is 7.27. The van der Waals surface area contributed by atoms with Crippen molar-refractivity contribution in [1.29, 1.82) is 0 Å². The van der Waals surface area contributed by atoms with Gasteiger partial charge in [-0.3, -0.25) is 0 Å². The molecular formula is C10H9BrN4OS. The van der Waals surface area contributed by atoms with Gasteiger partial charge in [-0.15, -0.1) is 0 Å². The molecule has 3 N–H and O–H groups in total. The fourth-order valence-corrected chi connectivity index (χ4v) is 1.90. The van der Waals surface area contributed by atoms with Crippen LogP contribution in [0, 0.1) is 0 Å². The summed E-state index contributed by atoms with van der Waals surface area (Å²) in [5.74, 6) is 0.593. The van der Waals surface area contributed by atoms with Crippen LogP contribution in [-0.2, 0) is 6.54 Å². The Bertz CT molecular complexity index is 529. The van der Waals surface area contributed by atoms with Crippen molar-refractivity contribution in [2.75, 3.05) is 5.32 Å². The van der Waals surface area contributed by atoms with Crippen LogP contribution in [0.5, 0.6) is 0 Å². The van der Waals surface area contributed by atoms with Crippen LogP contribution in [0.3, 0.4) is 0 Å². The van der Waals surface area contributed by atoms with E-state index in [1.54, 1.807) is 0 Å². The minimum absolute atomic E-state index is 0.371. The zero-order valence-electron chi connectivity index (χ0n) is 8.68. The second-order valence-electron chi connectivity index (χ2n) is 3.26. The van der Waals surface area contributed by atoms with Gasteiger partial charge in [0.2, 0.25) is 6.39 Å². The molecule has 1 aromatic carbocycles. The Morgan fingerprint density at radius 1 is 1.53 bits per heavy atom. The maximum absolute atomic E-state index is 5.54. The average molecular weight is 313 g/mol. The molecule has 1 heterocycles. The summed E-state index contributed by atoms with van der Waals surface area (Å²) in [6.45, 7) is 0.488. The number of anilines is 1. The quantitative estimate of drug-likeness (QED) is 0.842. The molecule has 0 unspecified atom stereocenters. The molecule has 0 atom stereocenters. The van der Waals surface area contributed by atoms with Gasteiger partial charge in [0, 0.05) is 15.7 Å². The lowest BCUT2D eigenvalue weighted by atomic mass is 10.2. The number of benzene rings is 1. The number of nitrogens with zero attached hydrogens (tertiary/aromatic N) is 2. The van der Waals surface area contributed by atoms with Crippen molar-refractivity contribution in [1.82, 2.24) is 10.1 Å². The highest BCUT2D eigenvalue weighted by molar-refractivity contribution is 9.10. The highest BCUT2D eigenvalue weighted by Gasteiger charge is 2.04. The normalized spacial score (nSPS) is 10.2. The molecule has 7 heteroatoms. The van der Waals surface area contributed by atoms with E-state index in [9.17, 15) is 0 Å². The average Bonchev–Trinajstić information content (AvgIpc) is 2.80. The van der Waals surface area contributed by atoms with Gasteiger partial charge in [0.15, 0.2) is 5.82 Å². The highest BCUT2D eigenvalue weighted by Crippen LogP contribution is 2.23. The van der Waals surface area contributed by atoms with E-state index in [0.29, 0.717) is 17.4 Å². The molecule has 0 aliphatic heterocycles. The number of hydrogen-bond acceptors (Lipinski definition) is 5. The van der Waals surface area contributed by atoms with Crippen LogP contribution in [0.25, 0.3) is 0 Å². The lowest BCUT2D eigenvalue weighted by Crippen LogP contribution is -2.09. The van der Waals surface area contributed by atoms with E-state index in [1.807, 2.05) is 18.2 Å². The molecule has 0 aliphatic rings. The van der Waals surface area contributed by atoms with E-state index in [-0.39, 0.29) is 0 Å². The molecule has 0 saturated carbocycles. The second kappa shape index (κ2) is 5.24. The van der Waals surface area contributed by atoms with Crippen LogP contribution in [0.2, 0.25) is 0 Å². The fraction of sp³-hybridized carbons (Fsp3) is 0.100. The van der Waals surface area contributed by atoms with Gasteiger partial charge in [-0.1, -0.05) is 17.4 Å². The minimum atomic E-state index is 0.371. The molecule has 1 aromatic heterocycles. The lowest BCUT2D eigenvalue weighted by molar-refractivity contribution is 0.411. The van der Waals surface area contributed by atoms with Crippen molar-refractivity contribution >= 4 is 38.8 Å². The molecular weight excluding hydrogens is 304 g/mol. The van der Waals surface area contributed by atoms with Gasteiger partial charge in [0.1, 0.15) is 4.99 Å². The zero-order chi connectivity index (χ0) is 12.3. The topological polar surface area (TPSA) is 77.0 Å². The Labute approximate surface area is 112 Å². The summed E-state index contributed by atoms with van der Waals surface area (Å²) in [7, 11) is 0. The predicted octanol–water partition coefficient (Wildman–Crippen LogP) is 2.08. The highest BCUT2D eigenvalue weighted by atomic mass is 79.9. The molecule has 0 amide bonds. The number of thiocarbonyl (C=S) groups is 1. The standard InChI is InChI=1S/C10H9BrN4OS/c11-7-3-6(10(12)17)1-2-8(7)13-4-9-14-5-16-15-9/h1-3,5,13H,4H2,(H2,12,17). The van der Waals surface area contributed by atoms with Crippen molar-refractivity contribution in [3.05, 3.63) is 40.5 Å². The Balaban J connectivity index is 2.09. The van der Waals surface area contributed by atoms with E-state index in [0.717, 1.165) is 15.7 Å². The van der Waals surface area contributed by atoms with Gasteiger partial charge < -0.3 is 15.6 Å². The van der Waals surface area contributed by atoms with Crippen LogP contribution < -0.4 is 11.1 Å². The molecule has 0 saturated heterocycles. The van der Waals surface area contributed by atoms with Gasteiger partial charge in [-0.05, 0) is 34.1 Å². The van der Waals surface area contributed by atoms with E-state index in [4.69, 9.17) is 18.0 Å². The van der Waals surface area contributed by atoms with Crippen molar-refractivity contribution in [3.8, 4) is 0 Å². The summed E-state index contributed by atoms with van der Waals surface area (Å²) >= 11 is 8.34. The van der Waals surface area contributed by atoms with Gasteiger partial charge >= 0.3 is 0 Å². The Morgan fingerprint density at radius 3 is 2.94 bits per heavy atom. The van der Waals surface area contributed by atoms with Gasteiger partial charge in [0.05, 0.1) is 6.54 Å². The van der Waals surface area contributed by atoms with Crippen LogP contribution >= 0.6 is 28.1 Å². The first kappa shape index (κ1) is 12.0. The maximum Gasteiger partial charge on any atom is 0.213 e. The molecule has 88 valence electrons. The first-order valence-electron chi connectivity index (χ1n) is 4.75. The molecule has 0 radical (unpaired) electrons. The third-order valence-corrected chi connectivity index (χ3v) is 2.99. The Hall–Kier alpha value is -1.47. The predicted molar refractivity (Wildman–Crippen MR) is 71.7 cm³/mol. The maximum atomic E-state index is 5.54. The zero-order valence-corrected chi connectivity index (χ0v) is 11.1. The number of halogens is 1. The van der Waals surface area contributed by atoms with Gasteiger partial charge in [-0.2, -0.15) is 4.98 Å². The molecule has 5 nitrogen and oxygen atoms in total. The largest absolute Gasteiger partial charge is 0.389 e. The van der Waals surface area contributed by atoms with Crippen LogP contribution in [-0.4, -0.2) is 15.1 Å². The number of aromatic nitrogens is 2. The van der Waals surface area contributed by atoms with Crippen LogP contribution in [0.15, 0.2) is 33.6 Å². The molecule has 0 aliphatic carbocycles. The van der Waals surface area contributed by atoms with Gasteiger partial charge in [-0.25, -0.2) is 0 Å². The van der Waals surface area contributed by atoms with Gasteiger partial charge in [0.25, 0.3) is 0 Å². The van der Waals surface area contributed by atoms with E-state index >= 15 is 0 Å². The molecule has 2 rings (SSSR count). The number of nitrogens with one attached hydrogen (secondary N) is 1. The first-order valence-corrected chi connectivity index (χ1v) is 5.95. The van der Waals surface area contributed by atoms with Crippen LogP contribution in [0.1, 0.15) is 11.4 Å². The Kier molecular flexibility index (Phi) is 3.70.